The Hall–Kier alpha value is -1.51. The zero-order valence-corrected chi connectivity index (χ0v) is 11.6. The summed E-state index contributed by atoms with van der Waals surface area (Å²) in [7, 11) is 0. The monoisotopic (exact) mass is 250 g/mol. The topological polar surface area (TPSA) is 46.5 Å². The third kappa shape index (κ3) is 4.78. The molecule has 0 aliphatic rings. The standard InChI is InChI=1S/C15H22O3/c1-11(2)12-5-7-13(8-6-12)18-10-15(3,4)9-14(16)17/h5-8,11H,9-10H2,1-4H3,(H,16,17). The number of carboxylic acids is 1. The van der Waals surface area contributed by atoms with Gasteiger partial charge in [0.1, 0.15) is 5.75 Å². The summed E-state index contributed by atoms with van der Waals surface area (Å²) >= 11 is 0. The SMILES string of the molecule is CC(C)c1ccc(OCC(C)(C)CC(=O)O)cc1. The van der Waals surface area contributed by atoms with Gasteiger partial charge in [-0.15, -0.1) is 0 Å². The van der Waals surface area contributed by atoms with Crippen LogP contribution in [0.1, 0.15) is 45.6 Å². The molecule has 0 saturated carbocycles. The van der Waals surface area contributed by atoms with Crippen molar-refractivity contribution in [1.82, 2.24) is 0 Å². The highest BCUT2D eigenvalue weighted by atomic mass is 16.5. The number of rotatable bonds is 6. The van der Waals surface area contributed by atoms with Crippen molar-refractivity contribution in [3.63, 3.8) is 0 Å². The van der Waals surface area contributed by atoms with E-state index < -0.39 is 5.97 Å². The molecule has 0 bridgehead atoms. The average molecular weight is 250 g/mol. The summed E-state index contributed by atoms with van der Waals surface area (Å²) < 4.78 is 5.64. The second-order valence-electron chi connectivity index (χ2n) is 5.75. The predicted molar refractivity (Wildman–Crippen MR) is 72.1 cm³/mol. The van der Waals surface area contributed by atoms with E-state index in [0.717, 1.165) is 5.75 Å². The quantitative estimate of drug-likeness (QED) is 0.837. The minimum Gasteiger partial charge on any atom is -0.493 e. The zero-order chi connectivity index (χ0) is 13.8. The minimum atomic E-state index is -0.793. The van der Waals surface area contributed by atoms with E-state index in [9.17, 15) is 4.79 Å². The van der Waals surface area contributed by atoms with Crippen molar-refractivity contribution in [3.05, 3.63) is 29.8 Å². The molecule has 0 amide bonds. The molecule has 0 atom stereocenters. The first-order valence-corrected chi connectivity index (χ1v) is 6.25. The smallest absolute Gasteiger partial charge is 0.304 e. The first-order chi connectivity index (χ1) is 8.30. The van der Waals surface area contributed by atoms with Crippen LogP contribution in [0.5, 0.6) is 5.75 Å². The van der Waals surface area contributed by atoms with Crippen LogP contribution in [0.15, 0.2) is 24.3 Å². The van der Waals surface area contributed by atoms with Gasteiger partial charge in [-0.3, -0.25) is 4.79 Å². The predicted octanol–water partition coefficient (Wildman–Crippen LogP) is 3.69. The first-order valence-electron chi connectivity index (χ1n) is 6.25. The summed E-state index contributed by atoms with van der Waals surface area (Å²) in [5.41, 5.74) is 0.912. The maximum absolute atomic E-state index is 10.7. The molecule has 1 aromatic carbocycles. The lowest BCUT2D eigenvalue weighted by Crippen LogP contribution is -2.24. The summed E-state index contributed by atoms with van der Waals surface area (Å²) in [4.78, 5) is 10.7. The van der Waals surface area contributed by atoms with Gasteiger partial charge in [0.05, 0.1) is 13.0 Å². The van der Waals surface area contributed by atoms with Gasteiger partial charge in [0, 0.05) is 5.41 Å². The van der Waals surface area contributed by atoms with Gasteiger partial charge in [-0.2, -0.15) is 0 Å². The number of benzene rings is 1. The maximum Gasteiger partial charge on any atom is 0.304 e. The van der Waals surface area contributed by atoms with E-state index in [1.807, 2.05) is 38.1 Å². The van der Waals surface area contributed by atoms with Gasteiger partial charge in [0.25, 0.3) is 0 Å². The second-order valence-corrected chi connectivity index (χ2v) is 5.75. The number of ether oxygens (including phenoxy) is 1. The number of carbonyl (C=O) groups is 1. The molecule has 100 valence electrons. The van der Waals surface area contributed by atoms with Crippen molar-refractivity contribution < 1.29 is 14.6 Å². The fourth-order valence-electron chi connectivity index (χ4n) is 1.69. The lowest BCUT2D eigenvalue weighted by atomic mass is 9.90. The van der Waals surface area contributed by atoms with E-state index in [4.69, 9.17) is 9.84 Å². The van der Waals surface area contributed by atoms with Crippen LogP contribution in [0, 0.1) is 5.41 Å². The van der Waals surface area contributed by atoms with E-state index in [2.05, 4.69) is 13.8 Å². The van der Waals surface area contributed by atoms with Crippen molar-refractivity contribution in [2.45, 2.75) is 40.0 Å². The van der Waals surface area contributed by atoms with Crippen LogP contribution in [0.4, 0.5) is 0 Å². The van der Waals surface area contributed by atoms with Crippen LogP contribution in [-0.4, -0.2) is 17.7 Å². The fraction of sp³-hybridized carbons (Fsp3) is 0.533. The molecule has 1 aromatic rings. The molecule has 0 saturated heterocycles. The molecule has 1 rings (SSSR count). The Morgan fingerprint density at radius 3 is 2.28 bits per heavy atom. The molecule has 0 aromatic heterocycles. The molecule has 3 nitrogen and oxygen atoms in total. The molecular formula is C15H22O3. The fourth-order valence-corrected chi connectivity index (χ4v) is 1.69. The van der Waals surface area contributed by atoms with E-state index in [0.29, 0.717) is 12.5 Å². The summed E-state index contributed by atoms with van der Waals surface area (Å²) in [5.74, 6) is 0.499. The van der Waals surface area contributed by atoms with Gasteiger partial charge in [0.2, 0.25) is 0 Å². The Kier molecular flexibility index (Phi) is 4.76. The Labute approximate surface area is 109 Å². The summed E-state index contributed by atoms with van der Waals surface area (Å²) in [6.07, 6.45) is 0.108. The van der Waals surface area contributed by atoms with Crippen molar-refractivity contribution in [1.29, 1.82) is 0 Å². The Bertz CT molecular complexity index is 391. The average Bonchev–Trinajstić information content (AvgIpc) is 2.25. The molecule has 0 heterocycles. The molecule has 0 fully saturated rings. The van der Waals surface area contributed by atoms with Crippen LogP contribution >= 0.6 is 0 Å². The highest BCUT2D eigenvalue weighted by Gasteiger charge is 2.22. The van der Waals surface area contributed by atoms with Gasteiger partial charge in [-0.25, -0.2) is 0 Å². The summed E-state index contributed by atoms with van der Waals surface area (Å²) in [6.45, 7) is 8.48. The highest BCUT2D eigenvalue weighted by Crippen LogP contribution is 2.24. The molecule has 0 spiro atoms. The number of carboxylic acid groups (broad SMARTS) is 1. The largest absolute Gasteiger partial charge is 0.493 e. The van der Waals surface area contributed by atoms with Gasteiger partial charge < -0.3 is 9.84 Å². The zero-order valence-electron chi connectivity index (χ0n) is 11.6. The van der Waals surface area contributed by atoms with Crippen LogP contribution in [0.25, 0.3) is 0 Å². The van der Waals surface area contributed by atoms with E-state index in [-0.39, 0.29) is 11.8 Å². The lowest BCUT2D eigenvalue weighted by molar-refractivity contribution is -0.139. The number of aliphatic carboxylic acids is 1. The second kappa shape index (κ2) is 5.89. The highest BCUT2D eigenvalue weighted by molar-refractivity contribution is 5.67. The Morgan fingerprint density at radius 1 is 1.28 bits per heavy atom. The summed E-state index contributed by atoms with van der Waals surface area (Å²) in [5, 5.41) is 8.79. The van der Waals surface area contributed by atoms with Crippen molar-refractivity contribution in [2.24, 2.45) is 5.41 Å². The van der Waals surface area contributed by atoms with Crippen molar-refractivity contribution in [3.8, 4) is 5.75 Å². The molecule has 0 radical (unpaired) electrons. The minimum absolute atomic E-state index is 0.108. The third-order valence-corrected chi connectivity index (χ3v) is 2.81. The van der Waals surface area contributed by atoms with Gasteiger partial charge in [-0.1, -0.05) is 39.8 Å². The molecule has 1 N–H and O–H groups in total. The summed E-state index contributed by atoms with van der Waals surface area (Å²) in [6, 6.07) is 7.97. The Morgan fingerprint density at radius 2 is 1.83 bits per heavy atom. The number of hydrogen-bond donors (Lipinski definition) is 1. The van der Waals surface area contributed by atoms with Gasteiger partial charge >= 0.3 is 5.97 Å². The van der Waals surface area contributed by atoms with Crippen LogP contribution in [0.2, 0.25) is 0 Å². The van der Waals surface area contributed by atoms with Crippen molar-refractivity contribution >= 4 is 5.97 Å². The normalized spacial score (nSPS) is 11.6. The van der Waals surface area contributed by atoms with Crippen LogP contribution in [0.3, 0.4) is 0 Å². The molecule has 0 aliphatic carbocycles. The van der Waals surface area contributed by atoms with E-state index >= 15 is 0 Å². The lowest BCUT2D eigenvalue weighted by Gasteiger charge is -2.22. The maximum atomic E-state index is 10.7. The van der Waals surface area contributed by atoms with Crippen LogP contribution < -0.4 is 4.74 Å². The van der Waals surface area contributed by atoms with Crippen molar-refractivity contribution in [2.75, 3.05) is 6.61 Å². The third-order valence-electron chi connectivity index (χ3n) is 2.81. The number of hydrogen-bond acceptors (Lipinski definition) is 2. The molecule has 3 heteroatoms. The van der Waals surface area contributed by atoms with Gasteiger partial charge in [-0.05, 0) is 23.6 Å². The molecule has 18 heavy (non-hydrogen) atoms. The molecule has 0 aliphatic heterocycles. The first kappa shape index (κ1) is 14.6. The van der Waals surface area contributed by atoms with Crippen LogP contribution in [-0.2, 0) is 4.79 Å². The van der Waals surface area contributed by atoms with Gasteiger partial charge in [0.15, 0.2) is 0 Å². The van der Waals surface area contributed by atoms with E-state index in [1.54, 1.807) is 0 Å². The molecular weight excluding hydrogens is 228 g/mol. The van der Waals surface area contributed by atoms with E-state index in [1.165, 1.54) is 5.56 Å². The molecule has 0 unspecified atom stereocenters. The Balaban J connectivity index is 2.55.